The van der Waals surface area contributed by atoms with E-state index in [9.17, 15) is 13.2 Å². The summed E-state index contributed by atoms with van der Waals surface area (Å²) >= 11 is 0. The summed E-state index contributed by atoms with van der Waals surface area (Å²) in [6.07, 6.45) is 0.508. The molecule has 3 N–H and O–H groups in total. The van der Waals surface area contributed by atoms with E-state index in [0.29, 0.717) is 18.1 Å². The summed E-state index contributed by atoms with van der Waals surface area (Å²) in [5.41, 5.74) is 1.70. The van der Waals surface area contributed by atoms with Crippen LogP contribution in [0.25, 0.3) is 11.3 Å². The van der Waals surface area contributed by atoms with Gasteiger partial charge in [-0.1, -0.05) is 30.3 Å². The van der Waals surface area contributed by atoms with Gasteiger partial charge >= 0.3 is 0 Å². The Bertz CT molecular complexity index is 769. The number of aryl methyl sites for hydroxylation is 2. The standard InChI is InChI=1S/C15H19N3O4S/c1-11-15(12-5-3-2-4-6-12)22-14(18-11)8-7-13(19)17-9-10-23(16,20)21/h2-6H,7-10H2,1H3,(H,17,19)(H2,16,20,21). The van der Waals surface area contributed by atoms with Gasteiger partial charge in [-0.3, -0.25) is 4.79 Å². The van der Waals surface area contributed by atoms with E-state index >= 15 is 0 Å². The topological polar surface area (TPSA) is 115 Å². The molecule has 0 fully saturated rings. The van der Waals surface area contributed by atoms with Gasteiger partial charge in [0, 0.05) is 24.9 Å². The molecule has 0 spiro atoms. The maximum absolute atomic E-state index is 11.6. The van der Waals surface area contributed by atoms with Crippen LogP contribution in [0.3, 0.4) is 0 Å². The highest BCUT2D eigenvalue weighted by molar-refractivity contribution is 7.89. The van der Waals surface area contributed by atoms with Crippen molar-refractivity contribution < 1.29 is 17.6 Å². The van der Waals surface area contributed by atoms with Gasteiger partial charge in [0.15, 0.2) is 11.7 Å². The number of sulfonamides is 1. The summed E-state index contributed by atoms with van der Waals surface area (Å²) in [6.45, 7) is 1.85. The zero-order chi connectivity index (χ0) is 16.9. The third kappa shape index (κ3) is 5.50. The fraction of sp³-hybridized carbons (Fsp3) is 0.333. The number of nitrogens with zero attached hydrogens (tertiary/aromatic N) is 1. The zero-order valence-electron chi connectivity index (χ0n) is 12.8. The minimum atomic E-state index is -3.57. The van der Waals surface area contributed by atoms with E-state index in [1.807, 2.05) is 37.3 Å². The molecule has 0 bridgehead atoms. The van der Waals surface area contributed by atoms with Gasteiger partial charge in [0.05, 0.1) is 11.4 Å². The summed E-state index contributed by atoms with van der Waals surface area (Å²) in [5, 5.41) is 7.35. The molecule has 2 rings (SSSR count). The molecule has 23 heavy (non-hydrogen) atoms. The highest BCUT2D eigenvalue weighted by atomic mass is 32.2. The predicted octanol–water partition coefficient (Wildman–Crippen LogP) is 0.987. The lowest BCUT2D eigenvalue weighted by Gasteiger charge is -2.02. The van der Waals surface area contributed by atoms with Crippen molar-refractivity contribution in [2.45, 2.75) is 19.8 Å². The zero-order valence-corrected chi connectivity index (χ0v) is 13.6. The first kappa shape index (κ1) is 17.2. The lowest BCUT2D eigenvalue weighted by atomic mass is 10.1. The van der Waals surface area contributed by atoms with Crippen LogP contribution in [-0.2, 0) is 21.2 Å². The van der Waals surface area contributed by atoms with Crippen molar-refractivity contribution in [3.05, 3.63) is 41.9 Å². The molecule has 1 heterocycles. The number of nitrogens with one attached hydrogen (secondary N) is 1. The third-order valence-corrected chi connectivity index (χ3v) is 3.92. The fourth-order valence-corrected chi connectivity index (χ4v) is 2.44. The fourth-order valence-electron chi connectivity index (χ4n) is 2.06. The maximum Gasteiger partial charge on any atom is 0.220 e. The van der Waals surface area contributed by atoms with Crippen LogP contribution in [0.15, 0.2) is 34.7 Å². The van der Waals surface area contributed by atoms with Gasteiger partial charge in [-0.25, -0.2) is 18.5 Å². The molecule has 1 amide bonds. The van der Waals surface area contributed by atoms with Crippen LogP contribution in [0.4, 0.5) is 0 Å². The molecule has 1 aromatic carbocycles. The van der Waals surface area contributed by atoms with Crippen LogP contribution in [-0.4, -0.2) is 31.6 Å². The first-order valence-electron chi connectivity index (χ1n) is 7.14. The molecule has 0 saturated carbocycles. The first-order chi connectivity index (χ1) is 10.8. The number of oxazole rings is 1. The summed E-state index contributed by atoms with van der Waals surface area (Å²) in [5.74, 6) is 0.610. The Hall–Kier alpha value is -2.19. The van der Waals surface area contributed by atoms with Crippen molar-refractivity contribution in [3.63, 3.8) is 0 Å². The van der Waals surface area contributed by atoms with Crippen molar-refractivity contribution >= 4 is 15.9 Å². The predicted molar refractivity (Wildman–Crippen MR) is 86.0 cm³/mol. The van der Waals surface area contributed by atoms with Gasteiger partial charge < -0.3 is 9.73 Å². The molecule has 0 radical (unpaired) electrons. The smallest absolute Gasteiger partial charge is 0.220 e. The van der Waals surface area contributed by atoms with Crippen molar-refractivity contribution in [1.29, 1.82) is 0 Å². The molecule has 8 heteroatoms. The van der Waals surface area contributed by atoms with Gasteiger partial charge in [-0.2, -0.15) is 0 Å². The van der Waals surface area contributed by atoms with Crippen LogP contribution >= 0.6 is 0 Å². The molecule has 124 valence electrons. The SMILES string of the molecule is Cc1nc(CCC(=O)NCCS(N)(=O)=O)oc1-c1ccccc1. The second-order valence-corrected chi connectivity index (χ2v) is 6.84. The number of hydrogen-bond acceptors (Lipinski definition) is 5. The second kappa shape index (κ2) is 7.38. The number of carbonyl (C=O) groups excluding carboxylic acids is 1. The van der Waals surface area contributed by atoms with Crippen molar-refractivity contribution in [2.75, 3.05) is 12.3 Å². The number of carbonyl (C=O) groups is 1. The molecule has 0 atom stereocenters. The summed E-state index contributed by atoms with van der Waals surface area (Å²) < 4.78 is 27.2. The Morgan fingerprint density at radius 1 is 1.30 bits per heavy atom. The normalized spacial score (nSPS) is 11.4. The number of amides is 1. The first-order valence-corrected chi connectivity index (χ1v) is 8.85. The molecule has 0 aliphatic heterocycles. The lowest BCUT2D eigenvalue weighted by Crippen LogP contribution is -2.31. The minimum absolute atomic E-state index is 0.00244. The molecule has 0 saturated heterocycles. The van der Waals surface area contributed by atoms with Crippen LogP contribution in [0.1, 0.15) is 18.0 Å². The van der Waals surface area contributed by atoms with Gasteiger partial charge in [0.1, 0.15) is 0 Å². The third-order valence-electron chi connectivity index (χ3n) is 3.15. The minimum Gasteiger partial charge on any atom is -0.440 e. The van der Waals surface area contributed by atoms with Crippen LogP contribution in [0.5, 0.6) is 0 Å². The molecule has 0 unspecified atom stereocenters. The van der Waals surface area contributed by atoms with Crippen LogP contribution in [0, 0.1) is 6.92 Å². The molecule has 0 aliphatic carbocycles. The van der Waals surface area contributed by atoms with E-state index in [1.54, 1.807) is 0 Å². The van der Waals surface area contributed by atoms with Gasteiger partial charge in [-0.15, -0.1) is 0 Å². The number of rotatable bonds is 7. The van der Waals surface area contributed by atoms with E-state index in [-0.39, 0.29) is 24.6 Å². The van der Waals surface area contributed by atoms with Crippen LogP contribution in [0.2, 0.25) is 0 Å². The van der Waals surface area contributed by atoms with Gasteiger partial charge in [-0.05, 0) is 6.92 Å². The number of primary sulfonamides is 1. The van der Waals surface area contributed by atoms with E-state index in [4.69, 9.17) is 9.56 Å². The Kier molecular flexibility index (Phi) is 5.51. The highest BCUT2D eigenvalue weighted by Gasteiger charge is 2.13. The Morgan fingerprint density at radius 3 is 2.65 bits per heavy atom. The highest BCUT2D eigenvalue weighted by Crippen LogP contribution is 2.24. The average Bonchev–Trinajstić information content (AvgIpc) is 2.86. The quantitative estimate of drug-likeness (QED) is 0.781. The molecule has 2 aromatic rings. The lowest BCUT2D eigenvalue weighted by molar-refractivity contribution is -0.121. The average molecular weight is 337 g/mol. The molecular formula is C15H19N3O4S. The van der Waals surface area contributed by atoms with Gasteiger partial charge in [0.25, 0.3) is 0 Å². The Labute approximate surface area is 135 Å². The number of hydrogen-bond donors (Lipinski definition) is 2. The van der Waals surface area contributed by atoms with Crippen molar-refractivity contribution in [2.24, 2.45) is 5.14 Å². The molecular weight excluding hydrogens is 318 g/mol. The van der Waals surface area contributed by atoms with Crippen molar-refractivity contribution in [1.82, 2.24) is 10.3 Å². The van der Waals surface area contributed by atoms with E-state index < -0.39 is 10.0 Å². The van der Waals surface area contributed by atoms with E-state index in [2.05, 4.69) is 10.3 Å². The number of benzene rings is 1. The maximum atomic E-state index is 11.6. The Balaban J connectivity index is 1.88. The summed E-state index contributed by atoms with van der Waals surface area (Å²) in [7, 11) is -3.57. The number of aromatic nitrogens is 1. The Morgan fingerprint density at radius 2 is 2.00 bits per heavy atom. The summed E-state index contributed by atoms with van der Waals surface area (Å²) in [4.78, 5) is 16.0. The van der Waals surface area contributed by atoms with E-state index in [0.717, 1.165) is 11.3 Å². The molecule has 1 aromatic heterocycles. The summed E-state index contributed by atoms with van der Waals surface area (Å²) in [6, 6.07) is 9.60. The van der Waals surface area contributed by atoms with E-state index in [1.165, 1.54) is 0 Å². The van der Waals surface area contributed by atoms with Crippen molar-refractivity contribution in [3.8, 4) is 11.3 Å². The van der Waals surface area contributed by atoms with Gasteiger partial charge in [0.2, 0.25) is 15.9 Å². The largest absolute Gasteiger partial charge is 0.440 e. The number of nitrogens with two attached hydrogens (primary N) is 1. The molecule has 0 aliphatic rings. The molecule has 7 nitrogen and oxygen atoms in total. The monoisotopic (exact) mass is 337 g/mol. The second-order valence-electron chi connectivity index (χ2n) is 5.11. The van der Waals surface area contributed by atoms with Crippen LogP contribution < -0.4 is 10.5 Å².